The van der Waals surface area contributed by atoms with E-state index >= 15 is 0 Å². The van der Waals surface area contributed by atoms with Gasteiger partial charge in [0, 0.05) is 25.0 Å². The van der Waals surface area contributed by atoms with Crippen molar-refractivity contribution in [2.24, 2.45) is 0 Å². The normalized spacial score (nSPS) is 16.0. The average Bonchev–Trinajstić information content (AvgIpc) is 3.38. The quantitative estimate of drug-likeness (QED) is 0.659. The lowest BCUT2D eigenvalue weighted by Crippen LogP contribution is -2.19. The number of hydrogen-bond donors (Lipinski definition) is 2. The van der Waals surface area contributed by atoms with Gasteiger partial charge in [-0.05, 0) is 50.1 Å². The Morgan fingerprint density at radius 1 is 1.28 bits per heavy atom. The standard InChI is InChI=1S/C22H23FN4O2/c1-15-19(14-27(26-15)17-6-3-2-4-7-17)22(28)25-16-9-10-21(20(23)12-16)24-13-18-8-5-11-29-18/h2-4,6-7,9-10,12,14,18,24H,5,8,11,13H2,1H3,(H,25,28)/t18-/m1/s1. The molecule has 29 heavy (non-hydrogen) atoms. The van der Waals surface area contributed by atoms with E-state index in [1.807, 2.05) is 30.3 Å². The fraction of sp³-hybridized carbons (Fsp3) is 0.273. The number of carbonyl (C=O) groups excluding carboxylic acids is 1. The molecule has 150 valence electrons. The summed E-state index contributed by atoms with van der Waals surface area (Å²) in [5, 5.41) is 10.2. The lowest BCUT2D eigenvalue weighted by atomic mass is 10.2. The third kappa shape index (κ3) is 4.46. The molecule has 1 atom stereocenters. The van der Waals surface area contributed by atoms with Gasteiger partial charge < -0.3 is 15.4 Å². The molecular weight excluding hydrogens is 371 g/mol. The van der Waals surface area contributed by atoms with Crippen molar-refractivity contribution >= 4 is 17.3 Å². The zero-order chi connectivity index (χ0) is 20.2. The Morgan fingerprint density at radius 2 is 2.10 bits per heavy atom. The van der Waals surface area contributed by atoms with Crippen LogP contribution in [0, 0.1) is 12.7 Å². The fourth-order valence-corrected chi connectivity index (χ4v) is 3.36. The molecule has 6 nitrogen and oxygen atoms in total. The Labute approximate surface area is 168 Å². The average molecular weight is 394 g/mol. The van der Waals surface area contributed by atoms with E-state index in [9.17, 15) is 9.18 Å². The number of aromatic nitrogens is 2. The molecule has 0 saturated carbocycles. The summed E-state index contributed by atoms with van der Waals surface area (Å²) in [6.45, 7) is 3.10. The summed E-state index contributed by atoms with van der Waals surface area (Å²) >= 11 is 0. The van der Waals surface area contributed by atoms with Gasteiger partial charge in [0.05, 0.1) is 28.7 Å². The minimum absolute atomic E-state index is 0.123. The maximum atomic E-state index is 14.4. The van der Waals surface area contributed by atoms with Gasteiger partial charge in [0.15, 0.2) is 0 Å². The maximum absolute atomic E-state index is 14.4. The van der Waals surface area contributed by atoms with E-state index in [0.717, 1.165) is 25.1 Å². The predicted octanol–water partition coefficient (Wildman–Crippen LogP) is 4.16. The molecule has 1 aliphatic rings. The molecule has 7 heteroatoms. The summed E-state index contributed by atoms with van der Waals surface area (Å²) in [6, 6.07) is 14.2. The Hall–Kier alpha value is -3.19. The molecule has 0 unspecified atom stereocenters. The molecule has 0 radical (unpaired) electrons. The monoisotopic (exact) mass is 394 g/mol. The molecule has 1 saturated heterocycles. The van der Waals surface area contributed by atoms with Gasteiger partial charge in [-0.25, -0.2) is 9.07 Å². The Bertz CT molecular complexity index is 997. The van der Waals surface area contributed by atoms with Crippen LogP contribution < -0.4 is 10.6 Å². The van der Waals surface area contributed by atoms with Crippen molar-refractivity contribution in [2.75, 3.05) is 23.8 Å². The number of nitrogens with one attached hydrogen (secondary N) is 2. The molecule has 1 fully saturated rings. The smallest absolute Gasteiger partial charge is 0.259 e. The van der Waals surface area contributed by atoms with Crippen molar-refractivity contribution in [3.8, 4) is 5.69 Å². The molecule has 3 aromatic rings. The Balaban J connectivity index is 1.43. The summed E-state index contributed by atoms with van der Waals surface area (Å²) in [4.78, 5) is 12.7. The van der Waals surface area contributed by atoms with Crippen LogP contribution in [0.25, 0.3) is 5.69 Å². The SMILES string of the molecule is Cc1nn(-c2ccccc2)cc1C(=O)Nc1ccc(NC[C@H]2CCCO2)c(F)c1. The maximum Gasteiger partial charge on any atom is 0.259 e. The third-order valence-corrected chi connectivity index (χ3v) is 4.94. The molecule has 2 N–H and O–H groups in total. The summed E-state index contributed by atoms with van der Waals surface area (Å²) < 4.78 is 21.6. The molecular formula is C22H23FN4O2. The van der Waals surface area contributed by atoms with E-state index in [0.29, 0.717) is 29.2 Å². The van der Waals surface area contributed by atoms with Crippen LogP contribution in [0.15, 0.2) is 54.7 Å². The second kappa shape index (κ2) is 8.45. The van der Waals surface area contributed by atoms with Gasteiger partial charge in [0.2, 0.25) is 0 Å². The first-order chi connectivity index (χ1) is 14.1. The Morgan fingerprint density at radius 3 is 2.83 bits per heavy atom. The topological polar surface area (TPSA) is 68.2 Å². The van der Waals surface area contributed by atoms with Crippen molar-refractivity contribution < 1.29 is 13.9 Å². The molecule has 0 bridgehead atoms. The number of amides is 1. The number of anilines is 2. The molecule has 1 aliphatic heterocycles. The molecule has 4 rings (SSSR count). The highest BCUT2D eigenvalue weighted by Crippen LogP contribution is 2.21. The van der Waals surface area contributed by atoms with Gasteiger partial charge in [-0.3, -0.25) is 4.79 Å². The number of benzene rings is 2. The van der Waals surface area contributed by atoms with Crippen LogP contribution in [0.2, 0.25) is 0 Å². The van der Waals surface area contributed by atoms with E-state index in [1.165, 1.54) is 6.07 Å². The predicted molar refractivity (Wildman–Crippen MR) is 110 cm³/mol. The number of ether oxygens (including phenoxy) is 1. The largest absolute Gasteiger partial charge is 0.380 e. The number of hydrogen-bond acceptors (Lipinski definition) is 4. The number of aryl methyl sites for hydroxylation is 1. The number of halogens is 1. The van der Waals surface area contributed by atoms with Gasteiger partial charge in [-0.15, -0.1) is 0 Å². The first kappa shape index (κ1) is 19.1. The van der Waals surface area contributed by atoms with Gasteiger partial charge in [-0.1, -0.05) is 18.2 Å². The molecule has 2 heterocycles. The molecule has 1 amide bonds. The second-order valence-corrected chi connectivity index (χ2v) is 7.07. The van der Waals surface area contributed by atoms with Crippen molar-refractivity contribution in [1.82, 2.24) is 9.78 Å². The summed E-state index contributed by atoms with van der Waals surface area (Å²) in [7, 11) is 0. The van der Waals surface area contributed by atoms with E-state index in [2.05, 4.69) is 15.7 Å². The zero-order valence-electron chi connectivity index (χ0n) is 16.2. The van der Waals surface area contributed by atoms with Crippen molar-refractivity contribution in [3.63, 3.8) is 0 Å². The van der Waals surface area contributed by atoms with Crippen LogP contribution in [0.5, 0.6) is 0 Å². The van der Waals surface area contributed by atoms with E-state index in [4.69, 9.17) is 4.74 Å². The van der Waals surface area contributed by atoms with Crippen LogP contribution in [0.4, 0.5) is 15.8 Å². The van der Waals surface area contributed by atoms with E-state index in [-0.39, 0.29) is 12.0 Å². The first-order valence-corrected chi connectivity index (χ1v) is 9.68. The highest BCUT2D eigenvalue weighted by Gasteiger charge is 2.17. The van der Waals surface area contributed by atoms with E-state index in [1.54, 1.807) is 29.9 Å². The molecule has 0 spiro atoms. The molecule has 0 aliphatic carbocycles. The summed E-state index contributed by atoms with van der Waals surface area (Å²) in [5.74, 6) is -0.748. The molecule has 2 aromatic carbocycles. The first-order valence-electron chi connectivity index (χ1n) is 9.68. The van der Waals surface area contributed by atoms with Crippen molar-refractivity contribution in [1.29, 1.82) is 0 Å². The van der Waals surface area contributed by atoms with Crippen LogP contribution in [0.1, 0.15) is 28.9 Å². The van der Waals surface area contributed by atoms with Gasteiger partial charge in [0.1, 0.15) is 5.82 Å². The zero-order valence-corrected chi connectivity index (χ0v) is 16.2. The van der Waals surface area contributed by atoms with Crippen LogP contribution in [-0.4, -0.2) is 34.9 Å². The number of carbonyl (C=O) groups is 1. The van der Waals surface area contributed by atoms with Gasteiger partial charge >= 0.3 is 0 Å². The van der Waals surface area contributed by atoms with Gasteiger partial charge in [-0.2, -0.15) is 5.10 Å². The fourth-order valence-electron chi connectivity index (χ4n) is 3.36. The number of para-hydroxylation sites is 1. The summed E-state index contributed by atoms with van der Waals surface area (Å²) in [6.07, 6.45) is 3.82. The van der Waals surface area contributed by atoms with Crippen LogP contribution >= 0.6 is 0 Å². The van der Waals surface area contributed by atoms with Crippen LogP contribution in [-0.2, 0) is 4.74 Å². The number of rotatable bonds is 6. The van der Waals surface area contributed by atoms with Crippen molar-refractivity contribution in [2.45, 2.75) is 25.9 Å². The Kier molecular flexibility index (Phi) is 5.57. The lowest BCUT2D eigenvalue weighted by molar-refractivity contribution is 0.102. The number of nitrogens with zero attached hydrogens (tertiary/aromatic N) is 2. The highest BCUT2D eigenvalue weighted by atomic mass is 19.1. The van der Waals surface area contributed by atoms with Crippen LogP contribution in [0.3, 0.4) is 0 Å². The molecule has 1 aromatic heterocycles. The van der Waals surface area contributed by atoms with Crippen molar-refractivity contribution in [3.05, 3.63) is 71.8 Å². The summed E-state index contributed by atoms with van der Waals surface area (Å²) in [5.41, 5.74) is 2.69. The second-order valence-electron chi connectivity index (χ2n) is 7.07. The minimum atomic E-state index is -0.419. The third-order valence-electron chi connectivity index (χ3n) is 4.94. The van der Waals surface area contributed by atoms with E-state index < -0.39 is 5.82 Å². The lowest BCUT2D eigenvalue weighted by Gasteiger charge is -2.13. The highest BCUT2D eigenvalue weighted by molar-refractivity contribution is 6.05. The minimum Gasteiger partial charge on any atom is -0.380 e. The van der Waals surface area contributed by atoms with Gasteiger partial charge in [0.25, 0.3) is 5.91 Å².